The van der Waals surface area contributed by atoms with Crippen molar-refractivity contribution in [2.24, 2.45) is 0 Å². The monoisotopic (exact) mass is 404 g/mol. The summed E-state index contributed by atoms with van der Waals surface area (Å²) in [4.78, 5) is 0.112. The van der Waals surface area contributed by atoms with Crippen LogP contribution >= 0.6 is 27.5 Å². The zero-order chi connectivity index (χ0) is 15.9. The fourth-order valence-electron chi connectivity index (χ4n) is 2.66. The first kappa shape index (κ1) is 16.0. The van der Waals surface area contributed by atoms with Crippen molar-refractivity contribution in [3.63, 3.8) is 0 Å². The Balaban J connectivity index is 2.00. The van der Waals surface area contributed by atoms with Gasteiger partial charge in [-0.25, -0.2) is 8.42 Å². The molecule has 0 saturated carbocycles. The Morgan fingerprint density at radius 2 is 2.18 bits per heavy atom. The lowest BCUT2D eigenvalue weighted by atomic mass is 10.2. The van der Waals surface area contributed by atoms with Gasteiger partial charge in [0.15, 0.2) is 5.76 Å². The standard InChI is InChI=1S/C14H14BrClN2O3S/c1-9-7-13(21-17-9)12-3-2-6-18(12)22(19,20)14-5-4-10(15)8-11(14)16/h4-5,7-8,12H,2-3,6H2,1H3. The smallest absolute Gasteiger partial charge is 0.245 e. The van der Waals surface area contributed by atoms with Crippen LogP contribution in [0.25, 0.3) is 0 Å². The maximum Gasteiger partial charge on any atom is 0.245 e. The van der Waals surface area contributed by atoms with Gasteiger partial charge in [0.05, 0.1) is 16.8 Å². The normalized spacial score (nSPS) is 19.7. The first-order chi connectivity index (χ1) is 10.4. The van der Waals surface area contributed by atoms with Gasteiger partial charge in [-0.3, -0.25) is 0 Å². The van der Waals surface area contributed by atoms with Crippen LogP contribution in [0.5, 0.6) is 0 Å². The Labute approximate surface area is 142 Å². The van der Waals surface area contributed by atoms with E-state index < -0.39 is 10.0 Å². The van der Waals surface area contributed by atoms with E-state index in [9.17, 15) is 8.42 Å². The quantitative estimate of drug-likeness (QED) is 0.776. The number of rotatable bonds is 3. The van der Waals surface area contributed by atoms with Gasteiger partial charge in [-0.2, -0.15) is 4.31 Å². The third-order valence-electron chi connectivity index (χ3n) is 3.66. The molecule has 1 aromatic heterocycles. The van der Waals surface area contributed by atoms with Crippen molar-refractivity contribution in [3.8, 4) is 0 Å². The van der Waals surface area contributed by atoms with E-state index >= 15 is 0 Å². The van der Waals surface area contributed by atoms with Crippen LogP contribution < -0.4 is 0 Å². The number of halogens is 2. The van der Waals surface area contributed by atoms with Gasteiger partial charge in [0.2, 0.25) is 10.0 Å². The average molecular weight is 406 g/mol. The molecule has 1 unspecified atom stereocenters. The van der Waals surface area contributed by atoms with Crippen LogP contribution in [0.2, 0.25) is 5.02 Å². The summed E-state index contributed by atoms with van der Waals surface area (Å²) in [5.74, 6) is 0.576. The minimum absolute atomic E-state index is 0.112. The average Bonchev–Trinajstić information content (AvgIpc) is 3.06. The number of sulfonamides is 1. The lowest BCUT2D eigenvalue weighted by Crippen LogP contribution is -2.30. The highest BCUT2D eigenvalue weighted by Gasteiger charge is 2.39. The van der Waals surface area contributed by atoms with Crippen LogP contribution in [-0.4, -0.2) is 24.4 Å². The number of benzene rings is 1. The van der Waals surface area contributed by atoms with Gasteiger partial charge in [-0.05, 0) is 38.0 Å². The molecule has 0 N–H and O–H groups in total. The van der Waals surface area contributed by atoms with Crippen molar-refractivity contribution in [2.45, 2.75) is 30.7 Å². The Morgan fingerprint density at radius 3 is 2.82 bits per heavy atom. The lowest BCUT2D eigenvalue weighted by molar-refractivity contribution is 0.297. The fraction of sp³-hybridized carbons (Fsp3) is 0.357. The maximum atomic E-state index is 12.9. The molecule has 1 aliphatic rings. The molecule has 2 aromatic rings. The molecule has 0 aliphatic carbocycles. The number of aryl methyl sites for hydroxylation is 1. The van der Waals surface area contributed by atoms with Crippen LogP contribution in [0.4, 0.5) is 0 Å². The molecule has 3 rings (SSSR count). The van der Waals surface area contributed by atoms with Crippen LogP contribution in [0, 0.1) is 6.92 Å². The molecular weight excluding hydrogens is 392 g/mol. The molecular formula is C14H14BrClN2O3S. The topological polar surface area (TPSA) is 63.4 Å². The van der Waals surface area contributed by atoms with Gasteiger partial charge in [0.1, 0.15) is 4.90 Å². The van der Waals surface area contributed by atoms with E-state index in [-0.39, 0.29) is 16.0 Å². The van der Waals surface area contributed by atoms with E-state index in [0.717, 1.165) is 16.6 Å². The molecule has 1 atom stereocenters. The Bertz CT molecular complexity index is 806. The second-order valence-corrected chi connectivity index (χ2v) is 8.40. The summed E-state index contributed by atoms with van der Waals surface area (Å²) >= 11 is 9.40. The molecule has 1 aromatic carbocycles. The zero-order valence-electron chi connectivity index (χ0n) is 11.8. The molecule has 1 saturated heterocycles. The second kappa shape index (κ2) is 5.96. The molecule has 0 spiro atoms. The van der Waals surface area contributed by atoms with Gasteiger partial charge in [-0.15, -0.1) is 0 Å². The number of hydrogen-bond acceptors (Lipinski definition) is 4. The molecule has 118 valence electrons. The van der Waals surface area contributed by atoms with Crippen LogP contribution in [-0.2, 0) is 10.0 Å². The Hall–Kier alpha value is -0.890. The second-order valence-electron chi connectivity index (χ2n) is 5.22. The molecule has 1 aliphatic heterocycles. The van der Waals surface area contributed by atoms with Gasteiger partial charge in [0, 0.05) is 17.1 Å². The molecule has 0 radical (unpaired) electrons. The number of nitrogens with zero attached hydrogens (tertiary/aromatic N) is 2. The highest BCUT2D eigenvalue weighted by molar-refractivity contribution is 9.10. The molecule has 0 bridgehead atoms. The summed E-state index contributed by atoms with van der Waals surface area (Å²) in [6, 6.07) is 6.22. The van der Waals surface area contributed by atoms with Crippen molar-refractivity contribution >= 4 is 37.6 Å². The zero-order valence-corrected chi connectivity index (χ0v) is 14.9. The first-order valence-electron chi connectivity index (χ1n) is 6.80. The largest absolute Gasteiger partial charge is 0.359 e. The minimum Gasteiger partial charge on any atom is -0.359 e. The van der Waals surface area contributed by atoms with Crippen molar-refractivity contribution in [1.29, 1.82) is 0 Å². The summed E-state index contributed by atoms with van der Waals surface area (Å²) in [5.41, 5.74) is 0.737. The number of hydrogen-bond donors (Lipinski definition) is 0. The molecule has 2 heterocycles. The van der Waals surface area contributed by atoms with Crippen molar-refractivity contribution < 1.29 is 12.9 Å². The van der Waals surface area contributed by atoms with Gasteiger partial charge in [0.25, 0.3) is 0 Å². The molecule has 5 nitrogen and oxygen atoms in total. The summed E-state index contributed by atoms with van der Waals surface area (Å²) in [6.45, 7) is 2.26. The van der Waals surface area contributed by atoms with Crippen molar-refractivity contribution in [1.82, 2.24) is 9.46 Å². The van der Waals surface area contributed by atoms with Crippen molar-refractivity contribution in [3.05, 3.63) is 45.2 Å². The summed E-state index contributed by atoms with van der Waals surface area (Å²) < 4.78 is 33.3. The highest BCUT2D eigenvalue weighted by Crippen LogP contribution is 2.38. The molecule has 22 heavy (non-hydrogen) atoms. The highest BCUT2D eigenvalue weighted by atomic mass is 79.9. The van der Waals surface area contributed by atoms with E-state index in [1.165, 1.54) is 10.4 Å². The van der Waals surface area contributed by atoms with Gasteiger partial charge >= 0.3 is 0 Å². The summed E-state index contributed by atoms with van der Waals surface area (Å²) in [7, 11) is -3.68. The van der Waals surface area contributed by atoms with E-state index in [4.69, 9.17) is 16.1 Å². The summed E-state index contributed by atoms with van der Waals surface area (Å²) in [6.07, 6.45) is 1.49. The Kier molecular flexibility index (Phi) is 4.33. The van der Waals surface area contributed by atoms with E-state index in [2.05, 4.69) is 21.1 Å². The van der Waals surface area contributed by atoms with Crippen LogP contribution in [0.1, 0.15) is 30.3 Å². The van der Waals surface area contributed by atoms with Gasteiger partial charge < -0.3 is 4.52 Å². The predicted molar refractivity (Wildman–Crippen MR) is 86.3 cm³/mol. The summed E-state index contributed by atoms with van der Waals surface area (Å²) in [5, 5.41) is 4.05. The number of aromatic nitrogens is 1. The van der Waals surface area contributed by atoms with E-state index in [0.29, 0.717) is 18.7 Å². The predicted octanol–water partition coefficient (Wildman–Crippen LogP) is 3.92. The van der Waals surface area contributed by atoms with Gasteiger partial charge in [-0.1, -0.05) is 32.7 Å². The SMILES string of the molecule is Cc1cc(C2CCCN2S(=O)(=O)c2ccc(Br)cc2Cl)on1. The maximum absolute atomic E-state index is 12.9. The Morgan fingerprint density at radius 1 is 1.41 bits per heavy atom. The minimum atomic E-state index is -3.68. The first-order valence-corrected chi connectivity index (χ1v) is 9.41. The molecule has 8 heteroatoms. The van der Waals surface area contributed by atoms with Crippen LogP contribution in [0.3, 0.4) is 0 Å². The third kappa shape index (κ3) is 2.82. The van der Waals surface area contributed by atoms with Crippen LogP contribution in [0.15, 0.2) is 38.2 Å². The third-order valence-corrected chi connectivity index (χ3v) is 6.54. The van der Waals surface area contributed by atoms with Crippen molar-refractivity contribution in [2.75, 3.05) is 6.54 Å². The lowest BCUT2D eigenvalue weighted by Gasteiger charge is -2.22. The van der Waals surface area contributed by atoms with E-state index in [1.807, 2.05) is 6.92 Å². The molecule has 0 amide bonds. The molecule has 1 fully saturated rings. The fourth-order valence-corrected chi connectivity index (χ4v) is 5.34. The van der Waals surface area contributed by atoms with E-state index in [1.54, 1.807) is 18.2 Å².